The van der Waals surface area contributed by atoms with Gasteiger partial charge in [-0.15, -0.1) is 0 Å². The van der Waals surface area contributed by atoms with Crippen LogP contribution in [0.1, 0.15) is 18.9 Å². The number of rotatable bonds is 4. The number of methoxy groups -OCH3 is 2. The molecule has 1 saturated carbocycles. The largest absolute Gasteiger partial charge is 0.343 e. The van der Waals surface area contributed by atoms with Crippen molar-refractivity contribution in [2.75, 3.05) is 14.2 Å². The van der Waals surface area contributed by atoms with Gasteiger partial charge in [0.05, 0.1) is 17.6 Å². The molecule has 1 aromatic carbocycles. The average molecular weight is 329 g/mol. The number of halogens is 1. The van der Waals surface area contributed by atoms with Crippen LogP contribution in [0.5, 0.6) is 0 Å². The van der Waals surface area contributed by atoms with Gasteiger partial charge in [0, 0.05) is 14.2 Å². The van der Waals surface area contributed by atoms with E-state index in [0.717, 1.165) is 0 Å². The Balaban J connectivity index is 2.38. The van der Waals surface area contributed by atoms with Crippen molar-refractivity contribution in [3.05, 3.63) is 35.6 Å². The SMILES string of the molecule is CC[C@]1(c2ccc(F)cc2)[C@]2(C#N)C(N)=[NH+]C(OC)(OC)[C@@]21C#N. The van der Waals surface area contributed by atoms with Crippen LogP contribution in [0.3, 0.4) is 0 Å². The fraction of sp³-hybridized carbons (Fsp3) is 0.471. The van der Waals surface area contributed by atoms with E-state index in [1.807, 2.05) is 6.92 Å². The molecule has 0 spiro atoms. The summed E-state index contributed by atoms with van der Waals surface area (Å²) in [7, 11) is 2.78. The van der Waals surface area contributed by atoms with Crippen molar-refractivity contribution in [2.45, 2.75) is 24.7 Å². The molecule has 3 atom stereocenters. The van der Waals surface area contributed by atoms with E-state index in [1.165, 1.54) is 26.4 Å². The predicted octanol–water partition coefficient (Wildman–Crippen LogP) is -0.0949. The minimum atomic E-state index is -1.56. The first kappa shape index (κ1) is 16.4. The van der Waals surface area contributed by atoms with Crippen LogP contribution in [0.2, 0.25) is 0 Å². The van der Waals surface area contributed by atoms with Crippen LogP contribution in [-0.2, 0) is 14.9 Å². The summed E-state index contributed by atoms with van der Waals surface area (Å²) in [5, 5.41) is 20.1. The summed E-state index contributed by atoms with van der Waals surface area (Å²) in [6.07, 6.45) is 0.427. The maximum atomic E-state index is 13.4. The van der Waals surface area contributed by atoms with E-state index in [9.17, 15) is 14.9 Å². The third kappa shape index (κ3) is 1.24. The molecule has 0 unspecified atom stereocenters. The minimum absolute atomic E-state index is 0.126. The molecule has 6 nitrogen and oxygen atoms in total. The van der Waals surface area contributed by atoms with Gasteiger partial charge in [-0.2, -0.15) is 10.5 Å². The summed E-state index contributed by atoms with van der Waals surface area (Å²) >= 11 is 0. The summed E-state index contributed by atoms with van der Waals surface area (Å²) in [5.74, 6) is -1.83. The number of nitrogens with zero attached hydrogens (tertiary/aromatic N) is 2. The number of hydrogen-bond donors (Lipinski definition) is 2. The van der Waals surface area contributed by atoms with Crippen LogP contribution < -0.4 is 10.7 Å². The lowest BCUT2D eigenvalue weighted by molar-refractivity contribution is -0.689. The number of benzene rings is 1. The van der Waals surface area contributed by atoms with Crippen LogP contribution in [0.25, 0.3) is 0 Å². The average Bonchev–Trinajstić information content (AvgIpc) is 3.10. The Hall–Kier alpha value is -2.48. The smallest absolute Gasteiger partial charge is 0.317 e. The van der Waals surface area contributed by atoms with Gasteiger partial charge in [0.1, 0.15) is 5.82 Å². The van der Waals surface area contributed by atoms with Gasteiger partial charge in [0.25, 0.3) is 5.84 Å². The number of hydrogen-bond acceptors (Lipinski definition) is 5. The van der Waals surface area contributed by atoms with Crippen LogP contribution in [-0.4, -0.2) is 26.0 Å². The Morgan fingerprint density at radius 3 is 2.17 bits per heavy atom. The zero-order chi connectivity index (χ0) is 17.8. The summed E-state index contributed by atoms with van der Waals surface area (Å²) in [4.78, 5) is 2.85. The van der Waals surface area contributed by atoms with Gasteiger partial charge in [0.2, 0.25) is 0 Å². The van der Waals surface area contributed by atoms with Gasteiger partial charge in [-0.05, 0) is 24.1 Å². The number of nitriles is 2. The van der Waals surface area contributed by atoms with E-state index >= 15 is 0 Å². The van der Waals surface area contributed by atoms with E-state index in [4.69, 9.17) is 15.2 Å². The second-order valence-corrected chi connectivity index (χ2v) is 6.05. The highest BCUT2D eigenvalue weighted by molar-refractivity contribution is 5.97. The van der Waals surface area contributed by atoms with Gasteiger partial charge in [-0.1, -0.05) is 19.1 Å². The summed E-state index contributed by atoms with van der Waals surface area (Å²) < 4.78 is 24.4. The van der Waals surface area contributed by atoms with Crippen molar-refractivity contribution < 1.29 is 18.9 Å². The van der Waals surface area contributed by atoms with Crippen LogP contribution >= 0.6 is 0 Å². The van der Waals surface area contributed by atoms with Crippen LogP contribution in [0.4, 0.5) is 4.39 Å². The number of ether oxygens (including phenoxy) is 2. The number of nitrogens with one attached hydrogen (secondary N) is 1. The van der Waals surface area contributed by atoms with E-state index in [-0.39, 0.29) is 5.84 Å². The molecule has 0 aromatic heterocycles. The number of amidine groups is 1. The molecule has 3 N–H and O–H groups in total. The Morgan fingerprint density at radius 2 is 1.75 bits per heavy atom. The van der Waals surface area contributed by atoms with E-state index in [0.29, 0.717) is 12.0 Å². The zero-order valence-electron chi connectivity index (χ0n) is 13.7. The Morgan fingerprint density at radius 1 is 1.17 bits per heavy atom. The van der Waals surface area contributed by atoms with Gasteiger partial charge >= 0.3 is 5.91 Å². The van der Waals surface area contributed by atoms with Gasteiger partial charge < -0.3 is 9.47 Å². The molecule has 1 aliphatic heterocycles. The lowest BCUT2D eigenvalue weighted by atomic mass is 9.80. The highest BCUT2D eigenvalue weighted by Crippen LogP contribution is 2.83. The maximum Gasteiger partial charge on any atom is 0.343 e. The molecule has 1 fully saturated rings. The monoisotopic (exact) mass is 329 g/mol. The molecule has 0 bridgehead atoms. The van der Waals surface area contributed by atoms with Gasteiger partial charge in [-0.25, -0.2) is 9.38 Å². The number of fused-ring (bicyclic) bond motifs is 1. The first-order valence-corrected chi connectivity index (χ1v) is 7.53. The third-order valence-electron chi connectivity index (χ3n) is 5.75. The summed E-state index contributed by atoms with van der Waals surface area (Å²) in [5.41, 5.74) is 3.11. The molecule has 3 rings (SSSR count). The fourth-order valence-corrected chi connectivity index (χ4v) is 4.84. The molecule has 0 saturated heterocycles. The van der Waals surface area contributed by atoms with Crippen molar-refractivity contribution in [1.82, 2.24) is 0 Å². The van der Waals surface area contributed by atoms with Crippen molar-refractivity contribution >= 4 is 5.84 Å². The van der Waals surface area contributed by atoms with Gasteiger partial charge in [-0.3, -0.25) is 5.73 Å². The standard InChI is InChI=1S/C17H17FN4O2/c1-4-14(11-5-7-12(18)8-6-11)15(9-19)13(21)22-17(23-2,24-3)16(14,15)10-20/h5-8H,4H2,1-3H3,(H2,21,22)/p+1/t14-,15-,16+/m0/s1. The zero-order valence-corrected chi connectivity index (χ0v) is 13.7. The van der Waals surface area contributed by atoms with Crippen molar-refractivity contribution in [2.24, 2.45) is 16.6 Å². The van der Waals surface area contributed by atoms with E-state index in [1.54, 1.807) is 12.1 Å². The topological polar surface area (TPSA) is 106 Å². The summed E-state index contributed by atoms with van der Waals surface area (Å²) in [6, 6.07) is 10.3. The Labute approximate surface area is 139 Å². The number of nitrogens with two attached hydrogens (primary N) is 1. The molecule has 2 aliphatic rings. The maximum absolute atomic E-state index is 13.4. The van der Waals surface area contributed by atoms with Crippen LogP contribution in [0.15, 0.2) is 24.3 Å². The first-order valence-electron chi connectivity index (χ1n) is 7.53. The second kappa shape index (κ2) is 4.76. The lowest BCUT2D eigenvalue weighted by Crippen LogP contribution is -2.91. The molecule has 7 heteroatoms. The Kier molecular flexibility index (Phi) is 3.25. The van der Waals surface area contributed by atoms with E-state index in [2.05, 4.69) is 17.1 Å². The molecule has 124 valence electrons. The van der Waals surface area contributed by atoms with Crippen molar-refractivity contribution in [3.8, 4) is 12.1 Å². The molecular weight excluding hydrogens is 311 g/mol. The first-order chi connectivity index (χ1) is 11.4. The predicted molar refractivity (Wildman–Crippen MR) is 81.4 cm³/mol. The Bertz CT molecular complexity index is 805. The molecule has 1 heterocycles. The lowest BCUT2D eigenvalue weighted by Gasteiger charge is -2.31. The molecule has 0 amide bonds. The molecule has 24 heavy (non-hydrogen) atoms. The van der Waals surface area contributed by atoms with Gasteiger partial charge in [0.15, 0.2) is 10.8 Å². The molecule has 1 aliphatic carbocycles. The van der Waals surface area contributed by atoms with Crippen molar-refractivity contribution in [3.63, 3.8) is 0 Å². The normalized spacial score (nSPS) is 35.5. The minimum Gasteiger partial charge on any atom is -0.317 e. The second-order valence-electron chi connectivity index (χ2n) is 6.05. The van der Waals surface area contributed by atoms with Crippen LogP contribution in [0, 0.1) is 39.3 Å². The highest BCUT2D eigenvalue weighted by atomic mass is 19.1. The quantitative estimate of drug-likeness (QED) is 0.751. The fourth-order valence-electron chi connectivity index (χ4n) is 4.84. The van der Waals surface area contributed by atoms with Crippen molar-refractivity contribution in [1.29, 1.82) is 10.5 Å². The summed E-state index contributed by atoms with van der Waals surface area (Å²) in [6.45, 7) is 1.86. The molecule has 0 radical (unpaired) electrons. The highest BCUT2D eigenvalue weighted by Gasteiger charge is 3.03. The molecular formula is C17H18FN4O2+. The van der Waals surface area contributed by atoms with E-state index < -0.39 is 28.0 Å². The third-order valence-corrected chi connectivity index (χ3v) is 5.75. The molecule has 1 aromatic rings.